The number of rotatable bonds is 6. The molecule has 0 radical (unpaired) electrons. The largest absolute Gasteiger partial charge is 0.341 e. The van der Waals surface area contributed by atoms with Crippen molar-refractivity contribution in [3.05, 3.63) is 29.8 Å². The molecular weight excluding hydrogens is 334 g/mol. The fourth-order valence-electron chi connectivity index (χ4n) is 3.32. The molecule has 1 atom stereocenters. The lowest BCUT2D eigenvalue weighted by Crippen LogP contribution is -2.38. The van der Waals surface area contributed by atoms with Crippen LogP contribution in [-0.4, -0.2) is 54.4 Å². The van der Waals surface area contributed by atoms with Crippen LogP contribution in [0.25, 0.3) is 0 Å². The van der Waals surface area contributed by atoms with Crippen molar-refractivity contribution in [1.29, 1.82) is 0 Å². The van der Waals surface area contributed by atoms with E-state index in [1.165, 1.54) is 6.42 Å². The van der Waals surface area contributed by atoms with E-state index in [9.17, 15) is 9.59 Å². The van der Waals surface area contributed by atoms with Gasteiger partial charge < -0.3 is 15.5 Å². The van der Waals surface area contributed by atoms with Crippen molar-refractivity contribution in [1.82, 2.24) is 10.2 Å². The first-order valence-corrected chi connectivity index (χ1v) is 10.3. The van der Waals surface area contributed by atoms with Crippen LogP contribution in [0.3, 0.4) is 0 Å². The standard InChI is InChI=1S/C19H27N3O2S/c23-18(6-3-16-7-8-20-14-16)21-17-4-1-15(2-5-17)13-19(24)22-9-11-25-12-10-22/h1-2,4-5,16,20H,3,6-14H2,(H,21,23). The van der Waals surface area contributed by atoms with Crippen LogP contribution >= 0.6 is 11.8 Å². The number of carbonyl (C=O) groups excluding carboxylic acids is 2. The molecule has 1 aromatic rings. The lowest BCUT2D eigenvalue weighted by Gasteiger charge is -2.26. The van der Waals surface area contributed by atoms with Crippen LogP contribution in [0.4, 0.5) is 5.69 Å². The molecule has 1 unspecified atom stereocenters. The van der Waals surface area contributed by atoms with Crippen LogP contribution in [-0.2, 0) is 16.0 Å². The second-order valence-corrected chi connectivity index (χ2v) is 8.04. The van der Waals surface area contributed by atoms with Crippen molar-refractivity contribution in [3.8, 4) is 0 Å². The Balaban J connectivity index is 1.43. The molecule has 0 spiro atoms. The van der Waals surface area contributed by atoms with E-state index in [0.717, 1.165) is 55.4 Å². The van der Waals surface area contributed by atoms with E-state index in [4.69, 9.17) is 0 Å². The van der Waals surface area contributed by atoms with Crippen LogP contribution in [0.15, 0.2) is 24.3 Å². The third-order valence-corrected chi connectivity index (χ3v) is 5.84. The Bertz CT molecular complexity index is 579. The van der Waals surface area contributed by atoms with Crippen LogP contribution in [0, 0.1) is 5.92 Å². The van der Waals surface area contributed by atoms with Gasteiger partial charge in [0.25, 0.3) is 0 Å². The van der Waals surface area contributed by atoms with E-state index < -0.39 is 0 Å². The fourth-order valence-corrected chi connectivity index (χ4v) is 4.23. The van der Waals surface area contributed by atoms with Gasteiger partial charge in [0.1, 0.15) is 0 Å². The van der Waals surface area contributed by atoms with Gasteiger partial charge in [-0.3, -0.25) is 9.59 Å². The highest BCUT2D eigenvalue weighted by atomic mass is 32.2. The molecule has 0 aromatic heterocycles. The molecule has 2 N–H and O–H groups in total. The Hall–Kier alpha value is -1.53. The number of nitrogens with one attached hydrogen (secondary N) is 2. The summed E-state index contributed by atoms with van der Waals surface area (Å²) in [5.74, 6) is 2.97. The van der Waals surface area contributed by atoms with Gasteiger partial charge in [-0.15, -0.1) is 0 Å². The molecule has 136 valence electrons. The number of benzene rings is 1. The van der Waals surface area contributed by atoms with E-state index in [1.54, 1.807) is 0 Å². The molecular formula is C19H27N3O2S. The summed E-state index contributed by atoms with van der Waals surface area (Å²) in [5.41, 5.74) is 1.80. The Morgan fingerprint density at radius 3 is 2.64 bits per heavy atom. The predicted molar refractivity (Wildman–Crippen MR) is 103 cm³/mol. The van der Waals surface area contributed by atoms with Gasteiger partial charge in [0.05, 0.1) is 6.42 Å². The van der Waals surface area contributed by atoms with Crippen molar-refractivity contribution in [3.63, 3.8) is 0 Å². The zero-order chi connectivity index (χ0) is 17.5. The van der Waals surface area contributed by atoms with Crippen LogP contribution in [0.1, 0.15) is 24.8 Å². The molecule has 1 aromatic carbocycles. The summed E-state index contributed by atoms with van der Waals surface area (Å²) < 4.78 is 0. The fraction of sp³-hybridized carbons (Fsp3) is 0.579. The lowest BCUT2D eigenvalue weighted by atomic mass is 10.0. The van der Waals surface area contributed by atoms with Crippen molar-refractivity contribution in [2.45, 2.75) is 25.7 Å². The maximum Gasteiger partial charge on any atom is 0.227 e. The van der Waals surface area contributed by atoms with Crippen molar-refractivity contribution in [2.75, 3.05) is 43.0 Å². The number of amides is 2. The number of carbonyl (C=O) groups is 2. The number of anilines is 1. The van der Waals surface area contributed by atoms with E-state index in [2.05, 4.69) is 10.6 Å². The number of thioether (sulfide) groups is 1. The van der Waals surface area contributed by atoms with E-state index in [-0.39, 0.29) is 11.8 Å². The van der Waals surface area contributed by atoms with Gasteiger partial charge in [-0.05, 0) is 49.5 Å². The zero-order valence-corrected chi connectivity index (χ0v) is 15.4. The minimum absolute atomic E-state index is 0.0709. The third kappa shape index (κ3) is 5.75. The topological polar surface area (TPSA) is 61.4 Å². The first-order valence-electron chi connectivity index (χ1n) is 9.16. The number of hydrogen-bond donors (Lipinski definition) is 2. The van der Waals surface area contributed by atoms with Crippen LogP contribution < -0.4 is 10.6 Å². The monoisotopic (exact) mass is 361 g/mol. The van der Waals surface area contributed by atoms with Gasteiger partial charge in [0.15, 0.2) is 0 Å². The summed E-state index contributed by atoms with van der Waals surface area (Å²) in [7, 11) is 0. The van der Waals surface area contributed by atoms with Crippen LogP contribution in [0.5, 0.6) is 0 Å². The molecule has 6 heteroatoms. The highest BCUT2D eigenvalue weighted by Gasteiger charge is 2.17. The molecule has 0 saturated carbocycles. The molecule has 2 heterocycles. The highest BCUT2D eigenvalue weighted by molar-refractivity contribution is 7.99. The van der Waals surface area contributed by atoms with Gasteiger partial charge >= 0.3 is 0 Å². The molecule has 2 amide bonds. The second-order valence-electron chi connectivity index (χ2n) is 6.81. The summed E-state index contributed by atoms with van der Waals surface area (Å²) in [6.07, 6.45) is 3.12. The first kappa shape index (κ1) is 18.3. The summed E-state index contributed by atoms with van der Waals surface area (Å²) >= 11 is 1.90. The minimum atomic E-state index is 0.0709. The van der Waals surface area contributed by atoms with E-state index in [0.29, 0.717) is 18.8 Å². The molecule has 2 aliphatic heterocycles. The van der Waals surface area contributed by atoms with Crippen molar-refractivity contribution in [2.24, 2.45) is 5.92 Å². The Morgan fingerprint density at radius 2 is 1.96 bits per heavy atom. The average Bonchev–Trinajstić information content (AvgIpc) is 3.16. The molecule has 3 rings (SSSR count). The molecule has 0 bridgehead atoms. The van der Waals surface area contributed by atoms with Gasteiger partial charge in [-0.1, -0.05) is 12.1 Å². The average molecular weight is 362 g/mol. The maximum atomic E-state index is 12.3. The van der Waals surface area contributed by atoms with Gasteiger partial charge in [0, 0.05) is 36.7 Å². The van der Waals surface area contributed by atoms with Gasteiger partial charge in [-0.25, -0.2) is 0 Å². The molecule has 5 nitrogen and oxygen atoms in total. The van der Waals surface area contributed by atoms with E-state index in [1.807, 2.05) is 40.9 Å². The Morgan fingerprint density at radius 1 is 1.20 bits per heavy atom. The zero-order valence-electron chi connectivity index (χ0n) is 14.6. The predicted octanol–water partition coefficient (Wildman–Crippen LogP) is 2.13. The Kier molecular flexibility index (Phi) is 6.76. The summed E-state index contributed by atoms with van der Waals surface area (Å²) in [6.45, 7) is 3.82. The molecule has 2 aliphatic rings. The minimum Gasteiger partial charge on any atom is -0.341 e. The molecule has 2 saturated heterocycles. The van der Waals surface area contributed by atoms with E-state index >= 15 is 0 Å². The molecule has 0 aliphatic carbocycles. The summed E-state index contributed by atoms with van der Waals surface area (Å²) in [4.78, 5) is 26.3. The lowest BCUT2D eigenvalue weighted by molar-refractivity contribution is -0.130. The van der Waals surface area contributed by atoms with Gasteiger partial charge in [-0.2, -0.15) is 11.8 Å². The Labute approximate surface area is 153 Å². The van der Waals surface area contributed by atoms with Crippen LogP contribution in [0.2, 0.25) is 0 Å². The first-order chi connectivity index (χ1) is 12.2. The quantitative estimate of drug-likeness (QED) is 0.815. The smallest absolute Gasteiger partial charge is 0.227 e. The maximum absolute atomic E-state index is 12.3. The SMILES string of the molecule is O=C(CCC1CCNC1)Nc1ccc(CC(=O)N2CCSCC2)cc1. The highest BCUT2D eigenvalue weighted by Crippen LogP contribution is 2.16. The number of nitrogens with zero attached hydrogens (tertiary/aromatic N) is 1. The normalized spacial score (nSPS) is 20.5. The third-order valence-electron chi connectivity index (χ3n) is 4.90. The van der Waals surface area contributed by atoms with Gasteiger partial charge in [0.2, 0.25) is 11.8 Å². The molecule has 2 fully saturated rings. The molecule has 25 heavy (non-hydrogen) atoms. The summed E-state index contributed by atoms with van der Waals surface area (Å²) in [5, 5.41) is 6.28. The second kappa shape index (κ2) is 9.25. The van der Waals surface area contributed by atoms with Crippen molar-refractivity contribution < 1.29 is 9.59 Å². The van der Waals surface area contributed by atoms with Crippen molar-refractivity contribution >= 4 is 29.3 Å². The number of hydrogen-bond acceptors (Lipinski definition) is 4. The summed E-state index contributed by atoms with van der Waals surface area (Å²) in [6, 6.07) is 7.66.